The summed E-state index contributed by atoms with van der Waals surface area (Å²) < 4.78 is 5.80. The van der Waals surface area contributed by atoms with Crippen LogP contribution in [0.4, 0.5) is 11.4 Å². The average Bonchev–Trinajstić information content (AvgIpc) is 3.11. The first-order valence-electron chi connectivity index (χ1n) is 8.63. The minimum absolute atomic E-state index is 0.00470. The third kappa shape index (κ3) is 3.70. The molecule has 1 heterocycles. The molecule has 0 aromatic heterocycles. The van der Waals surface area contributed by atoms with Gasteiger partial charge in [0, 0.05) is 17.8 Å². The Morgan fingerprint density at radius 2 is 1.57 bits per heavy atom. The van der Waals surface area contributed by atoms with E-state index in [1.165, 1.54) is 23.9 Å². The van der Waals surface area contributed by atoms with Gasteiger partial charge in [-0.2, -0.15) is 0 Å². The number of thioether (sulfide) groups is 1. The third-order valence-electron chi connectivity index (χ3n) is 4.35. The summed E-state index contributed by atoms with van der Waals surface area (Å²) in [6, 6.07) is 23.2. The Morgan fingerprint density at radius 1 is 0.929 bits per heavy atom. The standard InChI is InChI=1S/C21H16N2O4S/c24-20-14-28-21(15-6-8-17(9-7-15)23(25)26)22(20)16-10-12-19(13-11-16)27-18-4-2-1-3-5-18/h1-13,21H,14H2/t21-/m1/s1. The van der Waals surface area contributed by atoms with E-state index >= 15 is 0 Å². The molecule has 6 nitrogen and oxygen atoms in total. The van der Waals surface area contributed by atoms with Gasteiger partial charge in [0.2, 0.25) is 5.91 Å². The van der Waals surface area contributed by atoms with Gasteiger partial charge in [-0.3, -0.25) is 19.8 Å². The van der Waals surface area contributed by atoms with E-state index in [4.69, 9.17) is 4.74 Å². The molecule has 1 aliphatic heterocycles. The molecule has 0 bridgehead atoms. The smallest absolute Gasteiger partial charge is 0.269 e. The summed E-state index contributed by atoms with van der Waals surface area (Å²) >= 11 is 1.50. The first kappa shape index (κ1) is 18.1. The number of non-ortho nitro benzene ring substituents is 1. The fourth-order valence-corrected chi connectivity index (χ4v) is 4.19. The van der Waals surface area contributed by atoms with Crippen LogP contribution in [-0.4, -0.2) is 16.6 Å². The first-order valence-corrected chi connectivity index (χ1v) is 9.68. The second kappa shape index (κ2) is 7.74. The van der Waals surface area contributed by atoms with E-state index < -0.39 is 4.92 Å². The molecule has 3 aromatic rings. The van der Waals surface area contributed by atoms with Crippen molar-refractivity contribution in [1.82, 2.24) is 0 Å². The summed E-state index contributed by atoms with van der Waals surface area (Å²) in [4.78, 5) is 24.6. The second-order valence-electron chi connectivity index (χ2n) is 6.18. The number of anilines is 1. The lowest BCUT2D eigenvalue weighted by molar-refractivity contribution is -0.384. The van der Waals surface area contributed by atoms with Gasteiger partial charge in [0.05, 0.1) is 10.7 Å². The van der Waals surface area contributed by atoms with Crippen molar-refractivity contribution in [3.63, 3.8) is 0 Å². The molecular formula is C21H16N2O4S. The van der Waals surface area contributed by atoms with Crippen LogP contribution in [0.1, 0.15) is 10.9 Å². The molecule has 1 aliphatic rings. The van der Waals surface area contributed by atoms with Crippen LogP contribution in [0.2, 0.25) is 0 Å². The topological polar surface area (TPSA) is 72.7 Å². The lowest BCUT2D eigenvalue weighted by atomic mass is 10.1. The van der Waals surface area contributed by atoms with Crippen molar-refractivity contribution in [3.05, 3.63) is 94.5 Å². The van der Waals surface area contributed by atoms with Crippen LogP contribution in [0.15, 0.2) is 78.9 Å². The van der Waals surface area contributed by atoms with E-state index in [0.29, 0.717) is 11.5 Å². The molecule has 1 fully saturated rings. The van der Waals surface area contributed by atoms with Gasteiger partial charge in [-0.05, 0) is 54.1 Å². The number of rotatable bonds is 5. The van der Waals surface area contributed by atoms with E-state index in [2.05, 4.69) is 0 Å². The van der Waals surface area contributed by atoms with Crippen molar-refractivity contribution in [2.75, 3.05) is 10.7 Å². The predicted molar refractivity (Wildman–Crippen MR) is 109 cm³/mol. The van der Waals surface area contributed by atoms with Gasteiger partial charge in [-0.15, -0.1) is 11.8 Å². The maximum atomic E-state index is 12.5. The SMILES string of the molecule is O=C1CS[C@H](c2ccc([N+](=O)[O-])cc2)N1c1ccc(Oc2ccccc2)cc1. The van der Waals surface area contributed by atoms with E-state index in [-0.39, 0.29) is 17.0 Å². The Balaban J connectivity index is 1.55. The van der Waals surface area contributed by atoms with Crippen molar-refractivity contribution in [2.45, 2.75) is 5.37 Å². The molecule has 0 radical (unpaired) electrons. The highest BCUT2D eigenvalue weighted by molar-refractivity contribution is 8.00. The van der Waals surface area contributed by atoms with E-state index in [1.807, 2.05) is 54.6 Å². The van der Waals surface area contributed by atoms with Gasteiger partial charge in [0.1, 0.15) is 16.9 Å². The lowest BCUT2D eigenvalue weighted by Gasteiger charge is -2.24. The molecule has 0 unspecified atom stereocenters. The fourth-order valence-electron chi connectivity index (χ4n) is 3.01. The maximum absolute atomic E-state index is 12.5. The quantitative estimate of drug-likeness (QED) is 0.443. The molecule has 0 saturated carbocycles. The van der Waals surface area contributed by atoms with Crippen LogP contribution in [0, 0.1) is 10.1 Å². The molecule has 7 heteroatoms. The minimum Gasteiger partial charge on any atom is -0.457 e. The summed E-state index contributed by atoms with van der Waals surface area (Å²) in [5, 5.41) is 10.6. The summed E-state index contributed by atoms with van der Waals surface area (Å²) in [5.74, 6) is 1.79. The van der Waals surface area contributed by atoms with Gasteiger partial charge in [-0.25, -0.2) is 0 Å². The van der Waals surface area contributed by atoms with Gasteiger partial charge >= 0.3 is 0 Å². The predicted octanol–water partition coefficient (Wildman–Crippen LogP) is 5.17. The highest BCUT2D eigenvalue weighted by Gasteiger charge is 2.34. The van der Waals surface area contributed by atoms with Crippen LogP contribution in [0.3, 0.4) is 0 Å². The normalized spacial score (nSPS) is 16.2. The monoisotopic (exact) mass is 392 g/mol. The Morgan fingerprint density at radius 3 is 2.21 bits per heavy atom. The number of carbonyl (C=O) groups is 1. The molecule has 0 N–H and O–H groups in total. The van der Waals surface area contributed by atoms with E-state index in [9.17, 15) is 14.9 Å². The Hall–Kier alpha value is -3.32. The Kier molecular flexibility index (Phi) is 4.99. The summed E-state index contributed by atoms with van der Waals surface area (Å²) in [7, 11) is 0. The van der Waals surface area contributed by atoms with Crippen LogP contribution in [0.5, 0.6) is 11.5 Å². The minimum atomic E-state index is -0.431. The summed E-state index contributed by atoms with van der Waals surface area (Å²) in [6.45, 7) is 0. The number of para-hydroxylation sites is 1. The zero-order valence-corrected chi connectivity index (χ0v) is 15.5. The first-order chi connectivity index (χ1) is 13.6. The molecular weight excluding hydrogens is 376 g/mol. The number of nitrogens with zero attached hydrogens (tertiary/aromatic N) is 2. The Labute approximate surface area is 165 Å². The van der Waals surface area contributed by atoms with Crippen molar-refractivity contribution < 1.29 is 14.5 Å². The number of carbonyl (C=O) groups excluding carboxylic acids is 1. The van der Waals surface area contributed by atoms with Crippen molar-refractivity contribution in [1.29, 1.82) is 0 Å². The maximum Gasteiger partial charge on any atom is 0.269 e. The molecule has 3 aromatic carbocycles. The summed E-state index contributed by atoms with van der Waals surface area (Å²) in [6.07, 6.45) is 0. The average molecular weight is 392 g/mol. The van der Waals surface area contributed by atoms with Crippen molar-refractivity contribution in [2.24, 2.45) is 0 Å². The molecule has 4 rings (SSSR count). The summed E-state index contributed by atoms with van der Waals surface area (Å²) in [5.41, 5.74) is 1.65. The zero-order chi connectivity index (χ0) is 19.5. The number of nitro groups is 1. The van der Waals surface area contributed by atoms with Crippen molar-refractivity contribution >= 4 is 29.0 Å². The zero-order valence-electron chi connectivity index (χ0n) is 14.7. The fraction of sp³-hybridized carbons (Fsp3) is 0.0952. The second-order valence-corrected chi connectivity index (χ2v) is 7.25. The number of nitro benzene ring substituents is 1. The Bertz CT molecular complexity index is 991. The van der Waals surface area contributed by atoms with Gasteiger partial charge in [0.15, 0.2) is 0 Å². The molecule has 28 heavy (non-hydrogen) atoms. The van der Waals surface area contributed by atoms with Crippen LogP contribution in [0.25, 0.3) is 0 Å². The van der Waals surface area contributed by atoms with Crippen molar-refractivity contribution in [3.8, 4) is 11.5 Å². The molecule has 0 aliphatic carbocycles. The largest absolute Gasteiger partial charge is 0.457 e. The van der Waals surface area contributed by atoms with Gasteiger partial charge in [0.25, 0.3) is 5.69 Å². The van der Waals surface area contributed by atoms with E-state index in [1.54, 1.807) is 17.0 Å². The third-order valence-corrected chi connectivity index (χ3v) is 5.56. The molecule has 1 saturated heterocycles. The van der Waals surface area contributed by atoms with E-state index in [0.717, 1.165) is 17.0 Å². The number of benzene rings is 3. The van der Waals surface area contributed by atoms with Crippen LogP contribution in [-0.2, 0) is 4.79 Å². The molecule has 1 atom stereocenters. The number of hydrogen-bond acceptors (Lipinski definition) is 5. The number of hydrogen-bond donors (Lipinski definition) is 0. The lowest BCUT2D eigenvalue weighted by Crippen LogP contribution is -2.27. The van der Waals surface area contributed by atoms with Crippen LogP contribution < -0.4 is 9.64 Å². The molecule has 0 spiro atoms. The van der Waals surface area contributed by atoms with Crippen LogP contribution >= 0.6 is 11.8 Å². The highest BCUT2D eigenvalue weighted by atomic mass is 32.2. The molecule has 140 valence electrons. The number of amides is 1. The highest BCUT2D eigenvalue weighted by Crippen LogP contribution is 2.42. The van der Waals surface area contributed by atoms with Gasteiger partial charge < -0.3 is 4.74 Å². The number of ether oxygens (including phenoxy) is 1. The molecule has 1 amide bonds. The van der Waals surface area contributed by atoms with Gasteiger partial charge in [-0.1, -0.05) is 18.2 Å².